The normalized spacial score (nSPS) is 14.2. The van der Waals surface area contributed by atoms with Gasteiger partial charge < -0.3 is 33.8 Å². The van der Waals surface area contributed by atoms with Crippen molar-refractivity contribution >= 4 is 39.5 Å². The molecule has 103 heavy (non-hydrogen) atoms. The number of aliphatic hydroxyl groups excluding tert-OH is 1. The van der Waals surface area contributed by atoms with Gasteiger partial charge in [0.25, 0.3) is 0 Å². The summed E-state index contributed by atoms with van der Waals surface area (Å²) in [6.45, 7) is 12.0. The Morgan fingerprint density at radius 2 is 0.495 bits per heavy atom. The van der Waals surface area contributed by atoms with E-state index < -0.39 is 97.5 Å². The van der Waals surface area contributed by atoms with Gasteiger partial charge in [0.2, 0.25) is 0 Å². The lowest BCUT2D eigenvalue weighted by molar-refractivity contribution is -0.161. The predicted octanol–water partition coefficient (Wildman–Crippen LogP) is 25.3. The molecule has 0 fully saturated rings. The third kappa shape index (κ3) is 76.6. The van der Waals surface area contributed by atoms with Crippen LogP contribution in [0.15, 0.2) is 0 Å². The molecule has 0 amide bonds. The fraction of sp³-hybridized carbons (Fsp3) is 0.952. The summed E-state index contributed by atoms with van der Waals surface area (Å²) in [6.07, 6.45) is 63.9. The van der Waals surface area contributed by atoms with Gasteiger partial charge in [-0.25, -0.2) is 9.13 Å². The van der Waals surface area contributed by atoms with Crippen LogP contribution in [0, 0.1) is 17.8 Å². The molecule has 0 bridgehead atoms. The van der Waals surface area contributed by atoms with Crippen LogP contribution in [0.4, 0.5) is 0 Å². The molecule has 19 heteroatoms. The summed E-state index contributed by atoms with van der Waals surface area (Å²) >= 11 is 0. The Morgan fingerprint density at radius 1 is 0.282 bits per heavy atom. The molecular formula is C84H164O17P2. The van der Waals surface area contributed by atoms with Crippen molar-refractivity contribution in [1.82, 2.24) is 0 Å². The average molecular weight is 1510 g/mol. The summed E-state index contributed by atoms with van der Waals surface area (Å²) < 4.78 is 68.8. The lowest BCUT2D eigenvalue weighted by Gasteiger charge is -2.21. The van der Waals surface area contributed by atoms with Gasteiger partial charge in [-0.1, -0.05) is 389 Å². The molecule has 0 spiro atoms. The summed E-state index contributed by atoms with van der Waals surface area (Å²) in [5.74, 6) is 0.219. The van der Waals surface area contributed by atoms with E-state index in [1.807, 2.05) is 0 Å². The van der Waals surface area contributed by atoms with Crippen molar-refractivity contribution in [3.8, 4) is 0 Å². The molecule has 17 nitrogen and oxygen atoms in total. The first-order chi connectivity index (χ1) is 49.8. The number of phosphoric acid groups is 2. The Balaban J connectivity index is 5.23. The van der Waals surface area contributed by atoms with Crippen LogP contribution in [0.5, 0.6) is 0 Å². The van der Waals surface area contributed by atoms with E-state index in [0.29, 0.717) is 25.7 Å². The lowest BCUT2D eigenvalue weighted by Crippen LogP contribution is -2.30. The van der Waals surface area contributed by atoms with Gasteiger partial charge in [0.15, 0.2) is 12.2 Å². The molecule has 0 saturated heterocycles. The van der Waals surface area contributed by atoms with E-state index in [1.54, 1.807) is 0 Å². The Kier molecular flexibility index (Phi) is 72.8. The Morgan fingerprint density at radius 3 is 0.738 bits per heavy atom. The number of hydrogen-bond donors (Lipinski definition) is 3. The van der Waals surface area contributed by atoms with E-state index in [1.165, 1.54) is 250 Å². The van der Waals surface area contributed by atoms with Crippen LogP contribution < -0.4 is 0 Å². The van der Waals surface area contributed by atoms with E-state index >= 15 is 0 Å². The quantitative estimate of drug-likeness (QED) is 0.0222. The van der Waals surface area contributed by atoms with Crippen molar-refractivity contribution in [3.63, 3.8) is 0 Å². The molecule has 3 N–H and O–H groups in total. The zero-order valence-corrected chi connectivity index (χ0v) is 69.6. The van der Waals surface area contributed by atoms with Crippen molar-refractivity contribution in [2.75, 3.05) is 39.6 Å². The van der Waals surface area contributed by atoms with Crippen LogP contribution in [0.3, 0.4) is 0 Å². The fourth-order valence-corrected chi connectivity index (χ4v) is 14.6. The number of phosphoric ester groups is 2. The van der Waals surface area contributed by atoms with Crippen molar-refractivity contribution in [2.24, 2.45) is 17.8 Å². The lowest BCUT2D eigenvalue weighted by atomic mass is 9.99. The molecule has 0 radical (unpaired) electrons. The van der Waals surface area contributed by atoms with E-state index in [2.05, 4.69) is 48.5 Å². The first kappa shape index (κ1) is 101. The standard InChI is InChI=1S/C84H164O17P2/c1-8-10-11-12-13-14-15-16-17-18-19-20-21-22-23-28-31-37-46-53-60-67-83(88)100-79(71-94-81(86)65-58-51-44-36-30-27-25-24-26-29-35-43-50-57-64-77(7)9-2)73-98-102(90,91)96-69-78(85)70-97-103(92,93)99-74-80(72-95-82(87)66-59-52-45-40-39-42-49-56-63-76(5)6)101-84(89)68-61-54-47-38-33-32-34-41-48-55-62-75(3)4/h75-80,85H,8-74H2,1-7H3,(H,90,91)(H,92,93)/t77?,78-,79-,80-/m1/s1. The molecule has 0 aromatic rings. The van der Waals surface area contributed by atoms with Crippen molar-refractivity contribution < 1.29 is 80.2 Å². The number of aliphatic hydroxyl groups is 1. The molecule has 3 unspecified atom stereocenters. The minimum absolute atomic E-state index is 0.105. The first-order valence-corrected chi connectivity index (χ1v) is 46.4. The van der Waals surface area contributed by atoms with Crippen molar-refractivity contribution in [2.45, 2.75) is 458 Å². The van der Waals surface area contributed by atoms with E-state index in [9.17, 15) is 43.2 Å². The number of esters is 4. The highest BCUT2D eigenvalue weighted by Crippen LogP contribution is 2.45. The monoisotopic (exact) mass is 1510 g/mol. The van der Waals surface area contributed by atoms with E-state index in [4.69, 9.17) is 37.0 Å². The number of rotatable bonds is 82. The zero-order valence-electron chi connectivity index (χ0n) is 67.8. The number of hydrogen-bond acceptors (Lipinski definition) is 15. The Bertz CT molecular complexity index is 1990. The second-order valence-electron chi connectivity index (χ2n) is 31.4. The summed E-state index contributed by atoms with van der Waals surface area (Å²) in [7, 11) is -9.93. The minimum Gasteiger partial charge on any atom is -0.462 e. The molecule has 0 aliphatic rings. The maximum Gasteiger partial charge on any atom is 0.472 e. The van der Waals surface area contributed by atoms with Crippen LogP contribution in [0.1, 0.15) is 440 Å². The van der Waals surface area contributed by atoms with Gasteiger partial charge in [0.05, 0.1) is 26.4 Å². The van der Waals surface area contributed by atoms with Crippen LogP contribution in [-0.2, 0) is 65.4 Å². The maximum atomic E-state index is 13.1. The molecule has 0 aromatic carbocycles. The molecule has 612 valence electrons. The van der Waals surface area contributed by atoms with E-state index in [0.717, 1.165) is 108 Å². The number of carbonyl (C=O) groups is 4. The minimum atomic E-state index is -4.97. The molecule has 6 atom stereocenters. The smallest absolute Gasteiger partial charge is 0.462 e. The Labute approximate surface area is 632 Å². The fourth-order valence-electron chi connectivity index (χ4n) is 13.0. The highest BCUT2D eigenvalue weighted by molar-refractivity contribution is 7.47. The highest BCUT2D eigenvalue weighted by Gasteiger charge is 2.30. The van der Waals surface area contributed by atoms with Crippen LogP contribution >= 0.6 is 15.6 Å². The molecular weight excluding hydrogens is 1340 g/mol. The second kappa shape index (κ2) is 74.2. The second-order valence-corrected chi connectivity index (χ2v) is 34.3. The van der Waals surface area contributed by atoms with Gasteiger partial charge in [-0.3, -0.25) is 37.3 Å². The zero-order chi connectivity index (χ0) is 75.8. The topological polar surface area (TPSA) is 237 Å². The van der Waals surface area contributed by atoms with E-state index in [-0.39, 0.29) is 25.7 Å². The molecule has 0 heterocycles. The van der Waals surface area contributed by atoms with Gasteiger partial charge >= 0.3 is 39.5 Å². The summed E-state index contributed by atoms with van der Waals surface area (Å²) in [5.41, 5.74) is 0. The molecule has 0 rings (SSSR count). The molecule has 0 saturated carbocycles. The number of carbonyl (C=O) groups excluding carboxylic acids is 4. The molecule has 0 aromatic heterocycles. The summed E-state index contributed by atoms with van der Waals surface area (Å²) in [5, 5.41) is 10.7. The highest BCUT2D eigenvalue weighted by atomic mass is 31.2. The van der Waals surface area contributed by atoms with Gasteiger partial charge in [0.1, 0.15) is 19.3 Å². The largest absolute Gasteiger partial charge is 0.472 e. The van der Waals surface area contributed by atoms with Gasteiger partial charge in [-0.05, 0) is 43.4 Å². The maximum absolute atomic E-state index is 13.1. The Hall–Kier alpha value is -1.94. The number of ether oxygens (including phenoxy) is 4. The summed E-state index contributed by atoms with van der Waals surface area (Å²) in [6, 6.07) is 0. The predicted molar refractivity (Wildman–Crippen MR) is 423 cm³/mol. The third-order valence-electron chi connectivity index (χ3n) is 20.0. The molecule has 0 aliphatic carbocycles. The van der Waals surface area contributed by atoms with Gasteiger partial charge in [-0.2, -0.15) is 0 Å². The van der Waals surface area contributed by atoms with Gasteiger partial charge in [-0.15, -0.1) is 0 Å². The first-order valence-electron chi connectivity index (χ1n) is 43.4. The summed E-state index contributed by atoms with van der Waals surface area (Å²) in [4.78, 5) is 73.1. The van der Waals surface area contributed by atoms with Crippen LogP contribution in [0.2, 0.25) is 0 Å². The SMILES string of the molecule is CCCCCCCCCCCCCCCCCCCCCCCC(=O)O[C@H](COC(=O)CCCCCCCCCCCCCCCCC(C)CC)COP(=O)(O)OC[C@@H](O)COP(=O)(O)OC[C@@H](COC(=O)CCCCCCCCCCC(C)C)OC(=O)CCCCCCCCCCCCC(C)C. The number of unbranched alkanes of at least 4 members (excludes halogenated alkanes) is 49. The van der Waals surface area contributed by atoms with Crippen LogP contribution in [0.25, 0.3) is 0 Å². The average Bonchev–Trinajstić information content (AvgIpc) is 0.914. The van der Waals surface area contributed by atoms with Crippen LogP contribution in [-0.4, -0.2) is 96.7 Å². The van der Waals surface area contributed by atoms with Gasteiger partial charge in [0, 0.05) is 25.7 Å². The molecule has 0 aliphatic heterocycles. The van der Waals surface area contributed by atoms with Crippen molar-refractivity contribution in [3.05, 3.63) is 0 Å². The third-order valence-corrected chi connectivity index (χ3v) is 21.9. The van der Waals surface area contributed by atoms with Crippen molar-refractivity contribution in [1.29, 1.82) is 0 Å².